The quantitative estimate of drug-likeness (QED) is 0.878. The van der Waals surface area contributed by atoms with Crippen molar-refractivity contribution < 1.29 is 0 Å². The molecule has 17 heavy (non-hydrogen) atoms. The lowest BCUT2D eigenvalue weighted by atomic mass is 10.1. The molecule has 0 aromatic carbocycles. The van der Waals surface area contributed by atoms with Crippen LogP contribution < -0.4 is 5.73 Å². The summed E-state index contributed by atoms with van der Waals surface area (Å²) in [6.07, 6.45) is 6.51. The number of aromatic nitrogens is 3. The van der Waals surface area contributed by atoms with Crippen LogP contribution in [0.2, 0.25) is 0 Å². The lowest BCUT2D eigenvalue weighted by molar-refractivity contribution is 0.488. The van der Waals surface area contributed by atoms with Crippen molar-refractivity contribution in [1.82, 2.24) is 14.8 Å². The van der Waals surface area contributed by atoms with Crippen LogP contribution >= 0.6 is 0 Å². The molecule has 0 aliphatic rings. The average Bonchev–Trinajstić information content (AvgIpc) is 2.69. The molecule has 0 saturated heterocycles. The molecule has 0 atom stereocenters. The van der Waals surface area contributed by atoms with E-state index in [9.17, 15) is 0 Å². The van der Waals surface area contributed by atoms with Gasteiger partial charge in [0, 0.05) is 30.7 Å². The summed E-state index contributed by atoms with van der Waals surface area (Å²) in [5, 5.41) is 4.52. The Morgan fingerprint density at radius 3 is 2.65 bits per heavy atom. The van der Waals surface area contributed by atoms with Gasteiger partial charge in [-0.15, -0.1) is 0 Å². The lowest BCUT2D eigenvalue weighted by Gasteiger charge is -2.03. The molecule has 4 heteroatoms. The summed E-state index contributed by atoms with van der Waals surface area (Å²) < 4.78 is 1.92. The van der Waals surface area contributed by atoms with Crippen molar-refractivity contribution in [3.63, 3.8) is 0 Å². The predicted octanol–water partition coefficient (Wildman–Crippen LogP) is 2.57. The summed E-state index contributed by atoms with van der Waals surface area (Å²) >= 11 is 0. The maximum absolute atomic E-state index is 5.98. The van der Waals surface area contributed by atoms with Gasteiger partial charge in [-0.1, -0.05) is 13.8 Å². The van der Waals surface area contributed by atoms with Gasteiger partial charge in [-0.3, -0.25) is 9.67 Å². The minimum Gasteiger partial charge on any atom is -0.396 e. The molecule has 0 fully saturated rings. The molecule has 0 spiro atoms. The molecular weight excluding hydrogens is 212 g/mol. The smallest absolute Gasteiger partial charge is 0.115 e. The third kappa shape index (κ3) is 2.84. The molecule has 2 aromatic rings. The van der Waals surface area contributed by atoms with E-state index in [1.54, 1.807) is 12.4 Å². The van der Waals surface area contributed by atoms with Crippen LogP contribution in [0.3, 0.4) is 0 Å². The fourth-order valence-corrected chi connectivity index (χ4v) is 1.68. The first-order valence-corrected chi connectivity index (χ1v) is 5.90. The Labute approximate surface area is 101 Å². The zero-order valence-corrected chi connectivity index (χ0v) is 10.3. The first-order valence-electron chi connectivity index (χ1n) is 5.90. The van der Waals surface area contributed by atoms with E-state index in [-0.39, 0.29) is 0 Å². The summed E-state index contributed by atoms with van der Waals surface area (Å²) in [5.74, 6) is 0.671. The third-order valence-electron chi connectivity index (χ3n) is 2.68. The van der Waals surface area contributed by atoms with Crippen LogP contribution in [0.5, 0.6) is 0 Å². The van der Waals surface area contributed by atoms with Crippen molar-refractivity contribution in [3.8, 4) is 11.3 Å². The molecular formula is C13H18N4. The van der Waals surface area contributed by atoms with Gasteiger partial charge >= 0.3 is 0 Å². The first-order chi connectivity index (χ1) is 8.16. The predicted molar refractivity (Wildman–Crippen MR) is 69.3 cm³/mol. The van der Waals surface area contributed by atoms with E-state index in [4.69, 9.17) is 5.73 Å². The fraction of sp³-hybridized carbons (Fsp3) is 0.385. The van der Waals surface area contributed by atoms with Gasteiger partial charge in [0.05, 0.1) is 5.69 Å². The van der Waals surface area contributed by atoms with E-state index < -0.39 is 0 Å². The molecule has 4 nitrogen and oxygen atoms in total. The van der Waals surface area contributed by atoms with Gasteiger partial charge in [-0.05, 0) is 24.5 Å². The van der Waals surface area contributed by atoms with Crippen LogP contribution in [-0.2, 0) is 6.54 Å². The summed E-state index contributed by atoms with van der Waals surface area (Å²) in [6.45, 7) is 5.32. The highest BCUT2D eigenvalue weighted by Crippen LogP contribution is 2.23. The van der Waals surface area contributed by atoms with E-state index in [2.05, 4.69) is 23.9 Å². The van der Waals surface area contributed by atoms with Crippen molar-refractivity contribution in [2.75, 3.05) is 5.73 Å². The van der Waals surface area contributed by atoms with Crippen LogP contribution in [0.15, 0.2) is 30.7 Å². The Balaban J connectivity index is 2.20. The largest absolute Gasteiger partial charge is 0.396 e. The summed E-state index contributed by atoms with van der Waals surface area (Å²) in [7, 11) is 0. The molecule has 0 saturated carbocycles. The Kier molecular flexibility index (Phi) is 3.42. The van der Waals surface area contributed by atoms with Crippen LogP contribution in [0.25, 0.3) is 11.3 Å². The van der Waals surface area contributed by atoms with Gasteiger partial charge in [0.25, 0.3) is 0 Å². The Morgan fingerprint density at radius 2 is 2.00 bits per heavy atom. The monoisotopic (exact) mass is 230 g/mol. The van der Waals surface area contributed by atoms with Gasteiger partial charge < -0.3 is 5.73 Å². The van der Waals surface area contributed by atoms with Crippen molar-refractivity contribution in [2.45, 2.75) is 26.8 Å². The van der Waals surface area contributed by atoms with Crippen LogP contribution in [0.4, 0.5) is 5.69 Å². The molecule has 2 aromatic heterocycles. The molecule has 2 N–H and O–H groups in total. The number of hydrogen-bond donors (Lipinski definition) is 1. The van der Waals surface area contributed by atoms with Gasteiger partial charge in [0.1, 0.15) is 5.69 Å². The van der Waals surface area contributed by atoms with Gasteiger partial charge in [-0.2, -0.15) is 5.10 Å². The molecule has 2 heterocycles. The van der Waals surface area contributed by atoms with Crippen molar-refractivity contribution >= 4 is 5.69 Å². The number of nitrogens with zero attached hydrogens (tertiary/aromatic N) is 3. The van der Waals surface area contributed by atoms with Crippen molar-refractivity contribution in [2.24, 2.45) is 5.92 Å². The fourth-order valence-electron chi connectivity index (χ4n) is 1.68. The molecule has 0 unspecified atom stereocenters. The number of anilines is 1. The van der Waals surface area contributed by atoms with E-state index in [1.165, 1.54) is 0 Å². The van der Waals surface area contributed by atoms with E-state index in [0.29, 0.717) is 5.92 Å². The Morgan fingerprint density at radius 1 is 1.29 bits per heavy atom. The molecule has 90 valence electrons. The third-order valence-corrected chi connectivity index (χ3v) is 2.68. The number of nitrogen functional groups attached to an aromatic ring is 1. The van der Waals surface area contributed by atoms with Gasteiger partial charge in [0.2, 0.25) is 0 Å². The molecule has 0 radical (unpaired) electrons. The zero-order chi connectivity index (χ0) is 12.3. The maximum Gasteiger partial charge on any atom is 0.115 e. The second-order valence-corrected chi connectivity index (χ2v) is 4.61. The number of pyridine rings is 1. The summed E-state index contributed by atoms with van der Waals surface area (Å²) in [5.41, 5.74) is 8.56. The summed E-state index contributed by atoms with van der Waals surface area (Å²) in [6, 6.07) is 3.84. The number of hydrogen-bond acceptors (Lipinski definition) is 3. The van der Waals surface area contributed by atoms with Crippen LogP contribution in [0, 0.1) is 5.92 Å². The van der Waals surface area contributed by atoms with Crippen LogP contribution in [-0.4, -0.2) is 14.8 Å². The first kappa shape index (κ1) is 11.6. The van der Waals surface area contributed by atoms with Crippen molar-refractivity contribution in [3.05, 3.63) is 30.7 Å². The van der Waals surface area contributed by atoms with E-state index in [0.717, 1.165) is 29.9 Å². The van der Waals surface area contributed by atoms with E-state index >= 15 is 0 Å². The molecule has 0 amide bonds. The lowest BCUT2D eigenvalue weighted by Crippen LogP contribution is -2.02. The molecule has 2 rings (SSSR count). The topological polar surface area (TPSA) is 56.7 Å². The maximum atomic E-state index is 5.98. The van der Waals surface area contributed by atoms with Gasteiger partial charge in [0.15, 0.2) is 0 Å². The zero-order valence-electron chi connectivity index (χ0n) is 10.3. The number of rotatable bonds is 4. The second-order valence-electron chi connectivity index (χ2n) is 4.61. The average molecular weight is 230 g/mol. The molecule has 0 bridgehead atoms. The van der Waals surface area contributed by atoms with Gasteiger partial charge in [-0.25, -0.2) is 0 Å². The van der Waals surface area contributed by atoms with Crippen molar-refractivity contribution in [1.29, 1.82) is 0 Å². The highest BCUT2D eigenvalue weighted by atomic mass is 15.3. The Bertz CT molecular complexity index is 473. The second kappa shape index (κ2) is 4.99. The molecule has 0 aliphatic carbocycles. The Hall–Kier alpha value is -1.84. The highest BCUT2D eigenvalue weighted by molar-refractivity contribution is 5.71. The SMILES string of the molecule is CC(C)CCn1cc(N)c(-c2ccncc2)n1. The minimum absolute atomic E-state index is 0.671. The minimum atomic E-state index is 0.671. The van der Waals surface area contributed by atoms with Crippen LogP contribution in [0.1, 0.15) is 20.3 Å². The normalized spacial score (nSPS) is 11.0. The van der Waals surface area contributed by atoms with E-state index in [1.807, 2.05) is 23.0 Å². The highest BCUT2D eigenvalue weighted by Gasteiger charge is 2.08. The summed E-state index contributed by atoms with van der Waals surface area (Å²) in [4.78, 5) is 3.99. The molecule has 0 aliphatic heterocycles. The number of aryl methyl sites for hydroxylation is 1. The standard InChI is InChI=1S/C13H18N4/c1-10(2)5-8-17-9-12(14)13(16-17)11-3-6-15-7-4-11/h3-4,6-7,9-10H,5,8,14H2,1-2H3. The number of nitrogens with two attached hydrogens (primary N) is 1.